The van der Waals surface area contributed by atoms with Crippen LogP contribution in [0.25, 0.3) is 0 Å². The molecule has 7 nitrogen and oxygen atoms in total. The van der Waals surface area contributed by atoms with E-state index in [-0.39, 0.29) is 10.9 Å². The Hall–Kier alpha value is -1.41. The minimum atomic E-state index is -3.59. The zero-order chi connectivity index (χ0) is 16.5. The van der Waals surface area contributed by atoms with E-state index in [0.717, 1.165) is 0 Å². The van der Waals surface area contributed by atoms with Crippen molar-refractivity contribution >= 4 is 15.9 Å². The first kappa shape index (κ1) is 17.0. The lowest BCUT2D eigenvalue weighted by atomic mass is 9.94. The number of aromatic nitrogens is 2. The highest BCUT2D eigenvalue weighted by atomic mass is 32.2. The average Bonchev–Trinajstić information content (AvgIpc) is 2.72. The van der Waals surface area contributed by atoms with Gasteiger partial charge in [-0.2, -0.15) is 4.31 Å². The van der Waals surface area contributed by atoms with E-state index >= 15 is 0 Å². The maximum atomic E-state index is 12.6. The Bertz CT molecular complexity index is 645. The minimum absolute atomic E-state index is 0.0598. The van der Waals surface area contributed by atoms with Crippen LogP contribution < -0.4 is 0 Å². The molecule has 1 aliphatic heterocycles. The Morgan fingerprint density at radius 1 is 1.18 bits per heavy atom. The van der Waals surface area contributed by atoms with E-state index in [0.29, 0.717) is 32.6 Å². The standard InChI is InChI=1S/C14H24N4O3S/c1-14(2,3)13(19)17-6-5-7-18(9-8-17)22(20,21)12-10-16(4)11-15-12/h10-11H,5-9H2,1-4H3. The number of aryl methyl sites for hydroxylation is 1. The molecule has 2 rings (SSSR count). The molecule has 22 heavy (non-hydrogen) atoms. The molecule has 0 aromatic carbocycles. The van der Waals surface area contributed by atoms with Gasteiger partial charge in [-0.3, -0.25) is 4.79 Å². The van der Waals surface area contributed by atoms with Gasteiger partial charge in [-0.05, 0) is 6.42 Å². The number of imidazole rings is 1. The summed E-state index contributed by atoms with van der Waals surface area (Å²) in [4.78, 5) is 18.0. The van der Waals surface area contributed by atoms with E-state index in [9.17, 15) is 13.2 Å². The van der Waals surface area contributed by atoms with Crippen LogP contribution in [0.15, 0.2) is 17.6 Å². The van der Waals surface area contributed by atoms with E-state index in [4.69, 9.17) is 0 Å². The molecule has 0 saturated carbocycles. The number of carbonyl (C=O) groups is 1. The maximum absolute atomic E-state index is 12.6. The molecule has 8 heteroatoms. The molecule has 1 amide bonds. The van der Waals surface area contributed by atoms with Crippen molar-refractivity contribution in [1.82, 2.24) is 18.8 Å². The van der Waals surface area contributed by atoms with Crippen LogP contribution in [-0.4, -0.2) is 59.3 Å². The van der Waals surface area contributed by atoms with Crippen molar-refractivity contribution < 1.29 is 13.2 Å². The molecular formula is C14H24N4O3S. The van der Waals surface area contributed by atoms with E-state index in [2.05, 4.69) is 4.98 Å². The van der Waals surface area contributed by atoms with Crippen LogP contribution in [0.3, 0.4) is 0 Å². The van der Waals surface area contributed by atoms with E-state index in [1.54, 1.807) is 16.5 Å². The summed E-state index contributed by atoms with van der Waals surface area (Å²) in [6.45, 7) is 7.36. The predicted molar refractivity (Wildman–Crippen MR) is 82.6 cm³/mol. The van der Waals surface area contributed by atoms with Gasteiger partial charge in [0, 0.05) is 44.8 Å². The molecule has 124 valence electrons. The van der Waals surface area contributed by atoms with Gasteiger partial charge >= 0.3 is 0 Å². The van der Waals surface area contributed by atoms with Crippen molar-refractivity contribution in [2.75, 3.05) is 26.2 Å². The van der Waals surface area contributed by atoms with Gasteiger partial charge in [0.15, 0.2) is 5.03 Å². The lowest BCUT2D eigenvalue weighted by Gasteiger charge is -2.28. The minimum Gasteiger partial charge on any atom is -0.341 e. The topological polar surface area (TPSA) is 75.5 Å². The third-order valence-corrected chi connectivity index (χ3v) is 5.45. The Labute approximate surface area is 132 Å². The summed E-state index contributed by atoms with van der Waals surface area (Å²) in [5.41, 5.74) is -0.449. The fourth-order valence-electron chi connectivity index (χ4n) is 2.47. The molecule has 0 spiro atoms. The molecule has 1 aromatic rings. The molecule has 1 saturated heterocycles. The number of hydrogen-bond donors (Lipinski definition) is 0. The second kappa shape index (κ2) is 6.00. The Kier molecular flexibility index (Phi) is 4.62. The van der Waals surface area contributed by atoms with Gasteiger partial charge < -0.3 is 9.47 Å². The number of rotatable bonds is 2. The number of hydrogen-bond acceptors (Lipinski definition) is 4. The van der Waals surface area contributed by atoms with Crippen LogP contribution in [0.4, 0.5) is 0 Å². The van der Waals surface area contributed by atoms with Gasteiger partial charge in [0.05, 0.1) is 6.33 Å². The number of amides is 1. The molecule has 0 radical (unpaired) electrons. The fraction of sp³-hybridized carbons (Fsp3) is 0.714. The zero-order valence-electron chi connectivity index (χ0n) is 13.6. The second-order valence-corrected chi connectivity index (χ2v) is 8.56. The lowest BCUT2D eigenvalue weighted by molar-refractivity contribution is -0.139. The van der Waals surface area contributed by atoms with Crippen LogP contribution in [0.1, 0.15) is 27.2 Å². The first-order valence-electron chi connectivity index (χ1n) is 7.40. The Morgan fingerprint density at radius 2 is 1.86 bits per heavy atom. The van der Waals surface area contributed by atoms with Crippen molar-refractivity contribution in [3.8, 4) is 0 Å². The van der Waals surface area contributed by atoms with Crippen molar-refractivity contribution in [3.05, 3.63) is 12.5 Å². The van der Waals surface area contributed by atoms with Crippen molar-refractivity contribution in [2.24, 2.45) is 12.5 Å². The molecule has 1 aliphatic rings. The summed E-state index contributed by atoms with van der Waals surface area (Å²) >= 11 is 0. The normalized spacial score (nSPS) is 18.3. The number of nitrogens with zero attached hydrogens (tertiary/aromatic N) is 4. The highest BCUT2D eigenvalue weighted by Crippen LogP contribution is 2.20. The summed E-state index contributed by atoms with van der Waals surface area (Å²) in [7, 11) is -1.85. The van der Waals surface area contributed by atoms with Crippen LogP contribution >= 0.6 is 0 Å². The zero-order valence-corrected chi connectivity index (χ0v) is 14.4. The third-order valence-electron chi connectivity index (χ3n) is 3.67. The van der Waals surface area contributed by atoms with Gasteiger partial charge in [-0.25, -0.2) is 13.4 Å². The van der Waals surface area contributed by atoms with Crippen LogP contribution in [0, 0.1) is 5.41 Å². The van der Waals surface area contributed by atoms with Crippen LogP contribution in [0.2, 0.25) is 0 Å². The number of sulfonamides is 1. The summed E-state index contributed by atoms with van der Waals surface area (Å²) in [5.74, 6) is 0.0598. The summed E-state index contributed by atoms with van der Waals surface area (Å²) in [6, 6.07) is 0. The SMILES string of the molecule is Cn1cnc(S(=O)(=O)N2CCCN(C(=O)C(C)(C)C)CC2)c1. The van der Waals surface area contributed by atoms with Gasteiger partial charge in [-0.1, -0.05) is 20.8 Å². The average molecular weight is 328 g/mol. The first-order chi connectivity index (χ1) is 10.1. The van der Waals surface area contributed by atoms with E-state index in [1.165, 1.54) is 16.8 Å². The lowest BCUT2D eigenvalue weighted by Crippen LogP contribution is -2.42. The molecule has 0 bridgehead atoms. The van der Waals surface area contributed by atoms with Gasteiger partial charge in [-0.15, -0.1) is 0 Å². The molecule has 0 aliphatic carbocycles. The van der Waals surface area contributed by atoms with Crippen LogP contribution in [0.5, 0.6) is 0 Å². The molecular weight excluding hydrogens is 304 g/mol. The van der Waals surface area contributed by atoms with Crippen molar-refractivity contribution in [3.63, 3.8) is 0 Å². The highest BCUT2D eigenvalue weighted by molar-refractivity contribution is 7.89. The van der Waals surface area contributed by atoms with E-state index in [1.807, 2.05) is 20.8 Å². The van der Waals surface area contributed by atoms with Crippen LogP contribution in [-0.2, 0) is 21.9 Å². The predicted octanol–water partition coefficient (Wildman–Crippen LogP) is 0.689. The molecule has 0 unspecified atom stereocenters. The van der Waals surface area contributed by atoms with Crippen molar-refractivity contribution in [1.29, 1.82) is 0 Å². The summed E-state index contributed by atoms with van der Waals surface area (Å²) in [6.07, 6.45) is 3.60. The van der Waals surface area contributed by atoms with Gasteiger partial charge in [0.1, 0.15) is 0 Å². The summed E-state index contributed by atoms with van der Waals surface area (Å²) < 4.78 is 28.2. The van der Waals surface area contributed by atoms with Gasteiger partial charge in [0.2, 0.25) is 5.91 Å². The smallest absolute Gasteiger partial charge is 0.262 e. The third kappa shape index (κ3) is 3.49. The molecule has 0 atom stereocenters. The fourth-order valence-corrected chi connectivity index (χ4v) is 3.90. The molecule has 1 fully saturated rings. The Morgan fingerprint density at radius 3 is 2.41 bits per heavy atom. The molecule has 1 aromatic heterocycles. The van der Waals surface area contributed by atoms with E-state index < -0.39 is 15.4 Å². The Balaban J connectivity index is 2.12. The first-order valence-corrected chi connectivity index (χ1v) is 8.84. The monoisotopic (exact) mass is 328 g/mol. The van der Waals surface area contributed by atoms with Crippen molar-refractivity contribution in [2.45, 2.75) is 32.2 Å². The quantitative estimate of drug-likeness (QED) is 0.800. The molecule has 2 heterocycles. The number of carbonyl (C=O) groups excluding carboxylic acids is 1. The molecule has 0 N–H and O–H groups in total. The summed E-state index contributed by atoms with van der Waals surface area (Å²) in [5, 5.41) is 0.0607. The second-order valence-electron chi connectivity index (χ2n) is 6.68. The highest BCUT2D eigenvalue weighted by Gasteiger charge is 2.32. The maximum Gasteiger partial charge on any atom is 0.262 e. The van der Waals surface area contributed by atoms with Gasteiger partial charge in [0.25, 0.3) is 10.0 Å². The largest absolute Gasteiger partial charge is 0.341 e.